The average Bonchev–Trinajstić information content (AvgIpc) is 2.99. The molecule has 0 unspecified atom stereocenters. The Balaban J connectivity index is 2.00. The maximum atomic E-state index is 2.28. The van der Waals surface area contributed by atoms with Crippen LogP contribution in [0, 0.1) is 0 Å². The van der Waals surface area contributed by atoms with Gasteiger partial charge in [-0.2, -0.15) is 0 Å². The van der Waals surface area contributed by atoms with Crippen LogP contribution in [0.3, 0.4) is 0 Å². The number of hydrogen-bond donors (Lipinski definition) is 0. The summed E-state index contributed by atoms with van der Waals surface area (Å²) in [5, 5.41) is 8.13. The second kappa shape index (κ2) is 4.24. The topological polar surface area (TPSA) is 0 Å². The fraction of sp³-hybridized carbons (Fsp3) is 0. The summed E-state index contributed by atoms with van der Waals surface area (Å²) in [4.78, 5) is 0. The molecule has 1 aliphatic carbocycles. The van der Waals surface area contributed by atoms with Gasteiger partial charge >= 0.3 is 0 Å². The van der Waals surface area contributed by atoms with Crippen molar-refractivity contribution in [3.63, 3.8) is 0 Å². The fourth-order valence-electron chi connectivity index (χ4n) is 4.46. The number of rotatable bonds is 0. The molecule has 0 N–H and O–H groups in total. The van der Waals surface area contributed by atoms with Gasteiger partial charge in [0.25, 0.3) is 0 Å². The average molecular weight is 302 g/mol. The highest BCUT2D eigenvalue weighted by Crippen LogP contribution is 2.53. The van der Waals surface area contributed by atoms with E-state index in [-0.39, 0.29) is 0 Å². The molecule has 0 atom stereocenters. The van der Waals surface area contributed by atoms with Crippen LogP contribution in [0.15, 0.2) is 84.9 Å². The minimum atomic E-state index is 1.33. The largest absolute Gasteiger partial charge is 0.0616 e. The molecular formula is C24H14. The summed E-state index contributed by atoms with van der Waals surface area (Å²) < 4.78 is 0. The van der Waals surface area contributed by atoms with E-state index in [0.29, 0.717) is 0 Å². The summed E-state index contributed by atoms with van der Waals surface area (Å²) in [6.45, 7) is 0. The Morgan fingerprint density at radius 2 is 0.833 bits per heavy atom. The quantitative estimate of drug-likeness (QED) is 0.271. The van der Waals surface area contributed by atoms with Crippen LogP contribution in [0.1, 0.15) is 0 Å². The lowest BCUT2D eigenvalue weighted by Crippen LogP contribution is -1.85. The van der Waals surface area contributed by atoms with Gasteiger partial charge in [-0.25, -0.2) is 0 Å². The molecule has 0 heteroatoms. The first-order chi connectivity index (χ1) is 11.9. The fourth-order valence-corrected chi connectivity index (χ4v) is 4.46. The smallest absolute Gasteiger partial charge is 0.00137 e. The van der Waals surface area contributed by atoms with Gasteiger partial charge in [0.1, 0.15) is 0 Å². The monoisotopic (exact) mass is 302 g/mol. The Morgan fingerprint density at radius 1 is 0.375 bits per heavy atom. The second-order valence-corrected chi connectivity index (χ2v) is 6.55. The van der Waals surface area contributed by atoms with Crippen LogP contribution in [0.25, 0.3) is 54.6 Å². The van der Waals surface area contributed by atoms with Gasteiger partial charge in [-0.05, 0) is 54.6 Å². The third kappa shape index (κ3) is 1.35. The predicted molar refractivity (Wildman–Crippen MR) is 103 cm³/mol. The highest BCUT2D eigenvalue weighted by atomic mass is 14.3. The van der Waals surface area contributed by atoms with E-state index in [9.17, 15) is 0 Å². The first-order valence-corrected chi connectivity index (χ1v) is 8.39. The molecule has 0 heterocycles. The molecule has 0 nitrogen and oxygen atoms in total. The van der Waals surface area contributed by atoms with E-state index in [1.54, 1.807) is 0 Å². The van der Waals surface area contributed by atoms with Gasteiger partial charge in [0, 0.05) is 0 Å². The van der Waals surface area contributed by atoms with E-state index in [2.05, 4.69) is 84.9 Å². The molecule has 5 aromatic rings. The zero-order valence-electron chi connectivity index (χ0n) is 13.1. The maximum absolute atomic E-state index is 2.28. The predicted octanol–water partition coefficient (Wildman–Crippen LogP) is 6.79. The standard InChI is InChI=1S/C24H14/c1-3-11-18-16(9-1)17-10-2-4-12-19(17)24-21-14-6-8-15-7-5-13-20(22(15)21)23(18)24/h1-14H. The van der Waals surface area contributed by atoms with E-state index in [0.717, 1.165) is 0 Å². The molecule has 0 aliphatic heterocycles. The molecule has 0 saturated carbocycles. The second-order valence-electron chi connectivity index (χ2n) is 6.55. The van der Waals surface area contributed by atoms with Gasteiger partial charge in [-0.3, -0.25) is 0 Å². The van der Waals surface area contributed by atoms with E-state index < -0.39 is 0 Å². The first kappa shape index (κ1) is 12.3. The number of hydrogen-bond acceptors (Lipinski definition) is 0. The zero-order chi connectivity index (χ0) is 15.7. The third-order valence-electron chi connectivity index (χ3n) is 5.38. The van der Waals surface area contributed by atoms with Crippen LogP contribution in [-0.2, 0) is 0 Å². The summed E-state index contributed by atoms with van der Waals surface area (Å²) in [5.74, 6) is 0. The zero-order valence-corrected chi connectivity index (χ0v) is 13.1. The molecule has 0 saturated heterocycles. The van der Waals surface area contributed by atoms with Crippen molar-refractivity contribution in [2.45, 2.75) is 0 Å². The number of benzene rings is 5. The van der Waals surface area contributed by atoms with Crippen LogP contribution >= 0.6 is 0 Å². The van der Waals surface area contributed by atoms with Crippen molar-refractivity contribution in [1.82, 2.24) is 0 Å². The van der Waals surface area contributed by atoms with Crippen molar-refractivity contribution >= 4 is 32.3 Å². The van der Waals surface area contributed by atoms with Crippen molar-refractivity contribution in [3.8, 4) is 22.3 Å². The van der Waals surface area contributed by atoms with Crippen LogP contribution in [0.2, 0.25) is 0 Å². The van der Waals surface area contributed by atoms with Crippen molar-refractivity contribution in [2.24, 2.45) is 0 Å². The van der Waals surface area contributed by atoms with Gasteiger partial charge in [0.15, 0.2) is 0 Å². The molecule has 0 aromatic heterocycles. The highest BCUT2D eigenvalue weighted by Gasteiger charge is 2.25. The SMILES string of the molecule is c1cc2c3c(cccc3c1)-c1c-2c2ccccc2c2ccccc12. The molecular weight excluding hydrogens is 288 g/mol. The lowest BCUT2D eigenvalue weighted by Gasteiger charge is -2.13. The lowest BCUT2D eigenvalue weighted by atomic mass is 9.90. The highest BCUT2D eigenvalue weighted by molar-refractivity contribution is 6.30. The van der Waals surface area contributed by atoms with Gasteiger partial charge in [0.05, 0.1) is 0 Å². The van der Waals surface area contributed by atoms with Crippen molar-refractivity contribution in [3.05, 3.63) is 84.9 Å². The Morgan fingerprint density at radius 3 is 1.33 bits per heavy atom. The van der Waals surface area contributed by atoms with Crippen LogP contribution < -0.4 is 0 Å². The van der Waals surface area contributed by atoms with Crippen LogP contribution in [-0.4, -0.2) is 0 Å². The molecule has 0 amide bonds. The minimum absolute atomic E-state index is 1.33. The van der Waals surface area contributed by atoms with E-state index in [1.807, 2.05) is 0 Å². The van der Waals surface area contributed by atoms with E-state index in [4.69, 9.17) is 0 Å². The van der Waals surface area contributed by atoms with E-state index in [1.165, 1.54) is 54.6 Å². The van der Waals surface area contributed by atoms with Crippen molar-refractivity contribution < 1.29 is 0 Å². The first-order valence-electron chi connectivity index (χ1n) is 8.39. The molecule has 5 aromatic carbocycles. The summed E-state index contributed by atoms with van der Waals surface area (Å²) in [7, 11) is 0. The van der Waals surface area contributed by atoms with Gasteiger partial charge < -0.3 is 0 Å². The molecule has 0 spiro atoms. The minimum Gasteiger partial charge on any atom is -0.0616 e. The maximum Gasteiger partial charge on any atom is -0.00137 e. The van der Waals surface area contributed by atoms with Gasteiger partial charge in [-0.15, -0.1) is 0 Å². The Bertz CT molecular complexity index is 1190. The molecule has 24 heavy (non-hydrogen) atoms. The Kier molecular flexibility index (Phi) is 2.18. The van der Waals surface area contributed by atoms with Gasteiger partial charge in [-0.1, -0.05) is 84.9 Å². The third-order valence-corrected chi connectivity index (χ3v) is 5.38. The summed E-state index contributed by atoms with van der Waals surface area (Å²) in [6, 6.07) is 31.0. The summed E-state index contributed by atoms with van der Waals surface area (Å²) in [5.41, 5.74) is 5.55. The molecule has 0 bridgehead atoms. The van der Waals surface area contributed by atoms with E-state index >= 15 is 0 Å². The Labute approximate surface area is 140 Å². The van der Waals surface area contributed by atoms with Crippen molar-refractivity contribution in [2.75, 3.05) is 0 Å². The molecule has 1 aliphatic rings. The molecule has 0 radical (unpaired) electrons. The number of fused-ring (bicyclic) bond motifs is 8. The normalized spacial score (nSPS) is 12.2. The lowest BCUT2D eigenvalue weighted by molar-refractivity contribution is 1.75. The molecule has 110 valence electrons. The summed E-state index contributed by atoms with van der Waals surface area (Å²) >= 11 is 0. The summed E-state index contributed by atoms with van der Waals surface area (Å²) in [6.07, 6.45) is 0. The molecule has 0 fully saturated rings. The van der Waals surface area contributed by atoms with Crippen molar-refractivity contribution in [1.29, 1.82) is 0 Å². The van der Waals surface area contributed by atoms with Crippen LogP contribution in [0.5, 0.6) is 0 Å². The molecule has 6 rings (SSSR count). The Hall–Kier alpha value is -3.12. The van der Waals surface area contributed by atoms with Crippen LogP contribution in [0.4, 0.5) is 0 Å². The van der Waals surface area contributed by atoms with Gasteiger partial charge in [0.2, 0.25) is 0 Å².